The minimum absolute atomic E-state index is 0. The van der Waals surface area contributed by atoms with E-state index in [1.54, 1.807) is 12.1 Å². The molecule has 2 fully saturated rings. The van der Waals surface area contributed by atoms with E-state index in [-0.39, 0.29) is 24.8 Å². The van der Waals surface area contributed by atoms with Crippen molar-refractivity contribution >= 4 is 40.7 Å². The summed E-state index contributed by atoms with van der Waals surface area (Å²) >= 11 is 0. The van der Waals surface area contributed by atoms with Crippen LogP contribution < -0.4 is 4.90 Å². The van der Waals surface area contributed by atoms with Gasteiger partial charge in [0, 0.05) is 57.1 Å². The molecule has 1 aromatic carbocycles. The zero-order chi connectivity index (χ0) is 19.0. The van der Waals surface area contributed by atoms with Crippen LogP contribution in [0.1, 0.15) is 13.8 Å². The molecule has 2 saturated heterocycles. The Morgan fingerprint density at radius 1 is 0.828 bits per heavy atom. The van der Waals surface area contributed by atoms with Crippen LogP contribution in [-0.4, -0.2) is 67.9 Å². The van der Waals surface area contributed by atoms with Gasteiger partial charge in [-0.15, -0.1) is 24.8 Å². The van der Waals surface area contributed by atoms with E-state index in [9.17, 15) is 8.42 Å². The van der Waals surface area contributed by atoms with E-state index in [0.29, 0.717) is 24.0 Å². The van der Waals surface area contributed by atoms with Crippen LogP contribution in [0.3, 0.4) is 0 Å². The maximum atomic E-state index is 12.2. The first-order valence-electron chi connectivity index (χ1n) is 9.51. The van der Waals surface area contributed by atoms with Crippen molar-refractivity contribution in [1.82, 2.24) is 14.2 Å². The van der Waals surface area contributed by atoms with Crippen molar-refractivity contribution in [1.29, 1.82) is 0 Å². The molecule has 0 radical (unpaired) electrons. The first-order valence-corrected chi connectivity index (χ1v) is 10.9. The molecule has 2 aliphatic rings. The molecule has 3 heterocycles. The van der Waals surface area contributed by atoms with E-state index < -0.39 is 10.0 Å². The molecule has 1 aromatic heterocycles. The highest BCUT2D eigenvalue weighted by Gasteiger charge is 2.33. The SMILES string of the molecule is CC(C)N1CCN(c2ccc(-c3ccc(S(=O)(=O)N4CC4)cc3)cn2)CC1.Cl.Cl. The van der Waals surface area contributed by atoms with Crippen LogP contribution in [0.4, 0.5) is 5.82 Å². The molecule has 9 heteroatoms. The number of pyridine rings is 1. The number of anilines is 1. The quantitative estimate of drug-likeness (QED) is 0.644. The van der Waals surface area contributed by atoms with Crippen LogP contribution in [0.5, 0.6) is 0 Å². The molecule has 0 saturated carbocycles. The second-order valence-electron chi connectivity index (χ2n) is 7.45. The second kappa shape index (κ2) is 9.62. The van der Waals surface area contributed by atoms with Gasteiger partial charge in [-0.05, 0) is 43.7 Å². The van der Waals surface area contributed by atoms with Gasteiger partial charge in [-0.2, -0.15) is 4.31 Å². The van der Waals surface area contributed by atoms with Gasteiger partial charge in [-0.3, -0.25) is 4.90 Å². The molecule has 0 aliphatic carbocycles. The minimum atomic E-state index is -3.29. The number of piperazine rings is 1. The first kappa shape index (κ1) is 23.9. The largest absolute Gasteiger partial charge is 0.354 e. The van der Waals surface area contributed by atoms with Crippen molar-refractivity contribution in [3.8, 4) is 11.1 Å². The molecule has 2 aliphatic heterocycles. The normalized spacial score (nSPS) is 17.6. The molecule has 4 rings (SSSR count). The van der Waals surface area contributed by atoms with Gasteiger partial charge in [0.1, 0.15) is 5.82 Å². The van der Waals surface area contributed by atoms with E-state index in [4.69, 9.17) is 0 Å². The Labute approximate surface area is 185 Å². The lowest BCUT2D eigenvalue weighted by Crippen LogP contribution is -2.49. The summed E-state index contributed by atoms with van der Waals surface area (Å²) in [6.07, 6.45) is 1.87. The summed E-state index contributed by atoms with van der Waals surface area (Å²) in [5.74, 6) is 1.00. The van der Waals surface area contributed by atoms with E-state index in [2.05, 4.69) is 40.8 Å². The molecular formula is C20H28Cl2N4O2S. The lowest BCUT2D eigenvalue weighted by molar-refractivity contribution is 0.209. The molecule has 0 N–H and O–H groups in total. The Bertz CT molecular complexity index is 893. The highest BCUT2D eigenvalue weighted by atomic mass is 35.5. The average Bonchev–Trinajstić information content (AvgIpc) is 3.54. The fourth-order valence-electron chi connectivity index (χ4n) is 3.46. The molecule has 0 amide bonds. The summed E-state index contributed by atoms with van der Waals surface area (Å²) in [5, 5.41) is 0. The molecule has 0 unspecified atom stereocenters. The Morgan fingerprint density at radius 3 is 1.90 bits per heavy atom. The molecule has 0 atom stereocenters. The highest BCUT2D eigenvalue weighted by molar-refractivity contribution is 7.89. The van der Waals surface area contributed by atoms with Crippen molar-refractivity contribution < 1.29 is 8.42 Å². The zero-order valence-electron chi connectivity index (χ0n) is 16.7. The van der Waals surface area contributed by atoms with Gasteiger partial charge in [0.15, 0.2) is 0 Å². The fraction of sp³-hybridized carbons (Fsp3) is 0.450. The van der Waals surface area contributed by atoms with E-state index in [0.717, 1.165) is 43.1 Å². The maximum absolute atomic E-state index is 12.2. The van der Waals surface area contributed by atoms with Crippen LogP contribution in [0, 0.1) is 0 Å². The average molecular weight is 459 g/mol. The highest BCUT2D eigenvalue weighted by Crippen LogP contribution is 2.26. The van der Waals surface area contributed by atoms with Crippen molar-refractivity contribution in [2.24, 2.45) is 0 Å². The lowest BCUT2D eigenvalue weighted by atomic mass is 10.1. The third-order valence-electron chi connectivity index (χ3n) is 5.35. The third kappa shape index (κ3) is 5.22. The first-order chi connectivity index (χ1) is 12.9. The van der Waals surface area contributed by atoms with Crippen molar-refractivity contribution in [2.75, 3.05) is 44.2 Å². The van der Waals surface area contributed by atoms with E-state index in [1.807, 2.05) is 18.3 Å². The molecule has 0 bridgehead atoms. The number of hydrogen-bond donors (Lipinski definition) is 0. The number of benzene rings is 1. The second-order valence-corrected chi connectivity index (χ2v) is 9.39. The van der Waals surface area contributed by atoms with Gasteiger partial charge < -0.3 is 4.90 Å². The number of sulfonamides is 1. The maximum Gasteiger partial charge on any atom is 0.243 e. The summed E-state index contributed by atoms with van der Waals surface area (Å²) in [7, 11) is -3.29. The number of nitrogens with zero attached hydrogens (tertiary/aromatic N) is 4. The van der Waals surface area contributed by atoms with Crippen LogP contribution in [0.25, 0.3) is 11.1 Å². The van der Waals surface area contributed by atoms with E-state index >= 15 is 0 Å². The van der Waals surface area contributed by atoms with Gasteiger partial charge >= 0.3 is 0 Å². The molecule has 0 spiro atoms. The minimum Gasteiger partial charge on any atom is -0.354 e. The zero-order valence-corrected chi connectivity index (χ0v) is 19.1. The Balaban J connectivity index is 0.00000150. The molecular weight excluding hydrogens is 431 g/mol. The number of hydrogen-bond acceptors (Lipinski definition) is 5. The third-order valence-corrected chi connectivity index (χ3v) is 7.26. The molecule has 6 nitrogen and oxygen atoms in total. The Kier molecular flexibility index (Phi) is 7.93. The van der Waals surface area contributed by atoms with Gasteiger partial charge in [0.2, 0.25) is 10.0 Å². The standard InChI is InChI=1S/C20H26N4O2S.2ClH/c1-16(2)22-9-11-23(12-10-22)20-8-5-18(15-21-20)17-3-6-19(7-4-17)27(25,26)24-13-14-24;;/h3-8,15-16H,9-14H2,1-2H3;2*1H. The molecule has 160 valence electrons. The van der Waals surface area contributed by atoms with Gasteiger partial charge in [-0.25, -0.2) is 13.4 Å². The molecule has 2 aromatic rings. The fourth-order valence-corrected chi connectivity index (χ4v) is 4.80. The summed E-state index contributed by atoms with van der Waals surface area (Å²) in [5.41, 5.74) is 1.97. The van der Waals surface area contributed by atoms with Crippen molar-refractivity contribution in [3.63, 3.8) is 0 Å². The predicted octanol–water partition coefficient (Wildman–Crippen LogP) is 3.13. The van der Waals surface area contributed by atoms with Crippen molar-refractivity contribution in [3.05, 3.63) is 42.6 Å². The van der Waals surface area contributed by atoms with Crippen LogP contribution in [0.2, 0.25) is 0 Å². The number of rotatable bonds is 5. The number of aromatic nitrogens is 1. The summed E-state index contributed by atoms with van der Waals surface area (Å²) in [6, 6.07) is 11.8. The topological polar surface area (TPSA) is 56.5 Å². The Morgan fingerprint density at radius 2 is 1.41 bits per heavy atom. The van der Waals surface area contributed by atoms with Gasteiger partial charge in [-0.1, -0.05) is 12.1 Å². The Hall–Kier alpha value is -1.38. The van der Waals surface area contributed by atoms with Gasteiger partial charge in [0.05, 0.1) is 4.90 Å². The van der Waals surface area contributed by atoms with Crippen LogP contribution >= 0.6 is 24.8 Å². The summed E-state index contributed by atoms with van der Waals surface area (Å²) in [4.78, 5) is 9.80. The van der Waals surface area contributed by atoms with E-state index in [1.165, 1.54) is 4.31 Å². The summed E-state index contributed by atoms with van der Waals surface area (Å²) < 4.78 is 25.9. The van der Waals surface area contributed by atoms with Gasteiger partial charge in [0.25, 0.3) is 0 Å². The smallest absolute Gasteiger partial charge is 0.243 e. The predicted molar refractivity (Wildman–Crippen MR) is 122 cm³/mol. The lowest BCUT2D eigenvalue weighted by Gasteiger charge is -2.37. The number of halogens is 2. The van der Waals surface area contributed by atoms with Crippen molar-refractivity contribution in [2.45, 2.75) is 24.8 Å². The summed E-state index contributed by atoms with van der Waals surface area (Å²) in [6.45, 7) is 9.84. The van der Waals surface area contributed by atoms with Crippen LogP contribution in [0.15, 0.2) is 47.5 Å². The van der Waals surface area contributed by atoms with Crippen LogP contribution in [-0.2, 0) is 10.0 Å². The molecule has 29 heavy (non-hydrogen) atoms. The monoisotopic (exact) mass is 458 g/mol.